The van der Waals surface area contributed by atoms with Gasteiger partial charge in [0.25, 0.3) is 0 Å². The number of thiazole rings is 1. The number of aromatic nitrogens is 1. The molecule has 0 aliphatic heterocycles. The molecular weight excluding hydrogens is 242 g/mol. The predicted molar refractivity (Wildman–Crippen MR) is 76.0 cm³/mol. The van der Waals surface area contributed by atoms with Gasteiger partial charge in [0.05, 0.1) is 16.3 Å². The normalized spacial score (nSPS) is 14.5. The van der Waals surface area contributed by atoms with E-state index in [0.29, 0.717) is 6.42 Å². The van der Waals surface area contributed by atoms with Crippen LogP contribution in [-0.2, 0) is 12.0 Å². The summed E-state index contributed by atoms with van der Waals surface area (Å²) in [6.45, 7) is 7.97. The smallest absolute Gasteiger partial charge is 0.0962 e. The molecule has 1 N–H and O–H groups in total. The van der Waals surface area contributed by atoms with E-state index in [1.807, 2.05) is 45.0 Å². The lowest BCUT2D eigenvalue weighted by Crippen LogP contribution is -2.24. The Bertz CT molecular complexity index is 538. The van der Waals surface area contributed by atoms with E-state index in [1.54, 1.807) is 11.3 Å². The highest BCUT2D eigenvalue weighted by Gasteiger charge is 2.25. The van der Waals surface area contributed by atoms with Crippen molar-refractivity contribution in [1.29, 1.82) is 0 Å². The Kier molecular flexibility index (Phi) is 3.55. The molecule has 0 saturated carbocycles. The van der Waals surface area contributed by atoms with Crippen LogP contribution in [0.25, 0.3) is 0 Å². The summed E-state index contributed by atoms with van der Waals surface area (Å²) in [7, 11) is 0. The van der Waals surface area contributed by atoms with E-state index in [0.717, 1.165) is 16.3 Å². The number of benzene rings is 1. The highest BCUT2D eigenvalue weighted by Crippen LogP contribution is 2.28. The molecule has 1 heterocycles. The second-order valence-electron chi connectivity index (χ2n) is 5.07. The number of aryl methyl sites for hydroxylation is 3. The first-order chi connectivity index (χ1) is 8.38. The maximum atomic E-state index is 10.6. The van der Waals surface area contributed by atoms with Crippen molar-refractivity contribution >= 4 is 11.3 Å². The fourth-order valence-electron chi connectivity index (χ4n) is 1.99. The Balaban J connectivity index is 2.26. The predicted octanol–water partition coefficient (Wildman–Crippen LogP) is 3.52. The van der Waals surface area contributed by atoms with Gasteiger partial charge in [-0.05, 0) is 33.3 Å². The number of hydrogen-bond acceptors (Lipinski definition) is 3. The number of hydrogen-bond donors (Lipinski definition) is 1. The van der Waals surface area contributed by atoms with Crippen molar-refractivity contribution in [1.82, 2.24) is 4.98 Å². The fraction of sp³-hybridized carbons (Fsp3) is 0.400. The van der Waals surface area contributed by atoms with E-state index < -0.39 is 5.60 Å². The van der Waals surface area contributed by atoms with Crippen molar-refractivity contribution in [3.8, 4) is 0 Å². The van der Waals surface area contributed by atoms with Crippen LogP contribution in [-0.4, -0.2) is 10.1 Å². The zero-order valence-corrected chi connectivity index (χ0v) is 12.1. The Labute approximate surface area is 112 Å². The zero-order valence-electron chi connectivity index (χ0n) is 11.3. The number of aliphatic hydroxyl groups is 1. The van der Waals surface area contributed by atoms with Gasteiger partial charge in [-0.25, -0.2) is 4.98 Å². The molecule has 0 saturated heterocycles. The molecule has 18 heavy (non-hydrogen) atoms. The van der Waals surface area contributed by atoms with E-state index in [2.05, 4.69) is 11.9 Å². The summed E-state index contributed by atoms with van der Waals surface area (Å²) in [4.78, 5) is 5.73. The van der Waals surface area contributed by atoms with E-state index in [1.165, 1.54) is 10.4 Å². The third-order valence-corrected chi connectivity index (χ3v) is 4.28. The molecule has 0 aliphatic carbocycles. The van der Waals surface area contributed by atoms with Crippen molar-refractivity contribution in [2.45, 2.75) is 39.7 Å². The van der Waals surface area contributed by atoms with Crippen molar-refractivity contribution in [3.63, 3.8) is 0 Å². The summed E-state index contributed by atoms with van der Waals surface area (Å²) >= 11 is 1.67. The first-order valence-electron chi connectivity index (χ1n) is 6.11. The van der Waals surface area contributed by atoms with Gasteiger partial charge in [-0.3, -0.25) is 0 Å². The third-order valence-electron chi connectivity index (χ3n) is 3.21. The van der Waals surface area contributed by atoms with Crippen molar-refractivity contribution < 1.29 is 5.11 Å². The molecule has 0 aliphatic rings. The highest BCUT2D eigenvalue weighted by atomic mass is 32.1. The summed E-state index contributed by atoms with van der Waals surface area (Å²) in [6.07, 6.45) is 0.565. The lowest BCUT2D eigenvalue weighted by Gasteiger charge is -2.23. The lowest BCUT2D eigenvalue weighted by molar-refractivity contribution is 0.0575. The maximum Gasteiger partial charge on any atom is 0.0962 e. The Hall–Kier alpha value is -1.19. The van der Waals surface area contributed by atoms with E-state index in [4.69, 9.17) is 0 Å². The largest absolute Gasteiger partial charge is 0.385 e. The van der Waals surface area contributed by atoms with Crippen LogP contribution in [0.15, 0.2) is 24.3 Å². The lowest BCUT2D eigenvalue weighted by atomic mass is 9.92. The quantitative estimate of drug-likeness (QED) is 0.917. The molecule has 0 spiro atoms. The number of rotatable bonds is 3. The second kappa shape index (κ2) is 4.82. The molecule has 0 bridgehead atoms. The molecular formula is C15H19NOS. The van der Waals surface area contributed by atoms with Crippen LogP contribution in [0.4, 0.5) is 0 Å². The summed E-state index contributed by atoms with van der Waals surface area (Å²) in [6, 6.07) is 8.03. The SMILES string of the molecule is Cc1cccc(C(C)(O)Cc2nc(C)c(C)s2)c1. The summed E-state index contributed by atoms with van der Waals surface area (Å²) in [5.41, 5.74) is 2.32. The minimum absolute atomic E-state index is 0.565. The van der Waals surface area contributed by atoms with Gasteiger partial charge in [0.1, 0.15) is 0 Å². The highest BCUT2D eigenvalue weighted by molar-refractivity contribution is 7.11. The zero-order chi connectivity index (χ0) is 13.3. The van der Waals surface area contributed by atoms with E-state index in [-0.39, 0.29) is 0 Å². The topological polar surface area (TPSA) is 33.1 Å². The number of nitrogens with zero attached hydrogens (tertiary/aromatic N) is 1. The Morgan fingerprint density at radius 2 is 2.00 bits per heavy atom. The van der Waals surface area contributed by atoms with Gasteiger partial charge in [-0.2, -0.15) is 0 Å². The van der Waals surface area contributed by atoms with Crippen LogP contribution < -0.4 is 0 Å². The second-order valence-corrected chi connectivity index (χ2v) is 6.36. The van der Waals surface area contributed by atoms with Gasteiger partial charge in [0.2, 0.25) is 0 Å². The Morgan fingerprint density at radius 1 is 1.28 bits per heavy atom. The van der Waals surface area contributed by atoms with Crippen LogP contribution in [0.2, 0.25) is 0 Å². The van der Waals surface area contributed by atoms with Crippen LogP contribution in [0, 0.1) is 20.8 Å². The fourth-order valence-corrected chi connectivity index (χ4v) is 3.07. The average molecular weight is 261 g/mol. The van der Waals surface area contributed by atoms with Gasteiger partial charge in [0, 0.05) is 11.3 Å². The van der Waals surface area contributed by atoms with Gasteiger partial charge >= 0.3 is 0 Å². The molecule has 96 valence electrons. The van der Waals surface area contributed by atoms with Gasteiger partial charge < -0.3 is 5.11 Å². The molecule has 2 aromatic rings. The Morgan fingerprint density at radius 3 is 2.56 bits per heavy atom. The van der Waals surface area contributed by atoms with Gasteiger partial charge in [-0.15, -0.1) is 11.3 Å². The van der Waals surface area contributed by atoms with Gasteiger partial charge in [0.15, 0.2) is 0 Å². The van der Waals surface area contributed by atoms with Gasteiger partial charge in [-0.1, -0.05) is 29.8 Å². The summed E-state index contributed by atoms with van der Waals surface area (Å²) in [5, 5.41) is 11.6. The third kappa shape index (κ3) is 2.79. The summed E-state index contributed by atoms with van der Waals surface area (Å²) < 4.78 is 0. The molecule has 2 rings (SSSR count). The summed E-state index contributed by atoms with van der Waals surface area (Å²) in [5.74, 6) is 0. The molecule has 1 aromatic heterocycles. The van der Waals surface area contributed by atoms with E-state index >= 15 is 0 Å². The monoisotopic (exact) mass is 261 g/mol. The molecule has 1 aromatic carbocycles. The maximum absolute atomic E-state index is 10.6. The van der Waals surface area contributed by atoms with Crippen LogP contribution in [0.3, 0.4) is 0 Å². The minimum Gasteiger partial charge on any atom is -0.385 e. The van der Waals surface area contributed by atoms with Crippen LogP contribution in [0.1, 0.15) is 33.6 Å². The van der Waals surface area contributed by atoms with Crippen LogP contribution in [0.5, 0.6) is 0 Å². The molecule has 1 atom stereocenters. The first-order valence-corrected chi connectivity index (χ1v) is 6.92. The standard InChI is InChI=1S/C15H19NOS/c1-10-6-5-7-13(8-10)15(4,17)9-14-16-11(2)12(3)18-14/h5-8,17H,9H2,1-4H3. The molecule has 2 nitrogen and oxygen atoms in total. The molecule has 1 unspecified atom stereocenters. The first kappa shape index (κ1) is 13.2. The molecule has 0 radical (unpaired) electrons. The molecule has 0 amide bonds. The molecule has 0 fully saturated rings. The van der Waals surface area contributed by atoms with Crippen LogP contribution >= 0.6 is 11.3 Å². The van der Waals surface area contributed by atoms with E-state index in [9.17, 15) is 5.11 Å². The van der Waals surface area contributed by atoms with Crippen molar-refractivity contribution in [3.05, 3.63) is 51.0 Å². The molecule has 3 heteroatoms. The minimum atomic E-state index is -0.858. The average Bonchev–Trinajstić information content (AvgIpc) is 2.57. The van der Waals surface area contributed by atoms with Crippen molar-refractivity contribution in [2.24, 2.45) is 0 Å². The van der Waals surface area contributed by atoms with Crippen molar-refractivity contribution in [2.75, 3.05) is 0 Å².